The summed E-state index contributed by atoms with van der Waals surface area (Å²) in [6, 6.07) is 5.48. The van der Waals surface area contributed by atoms with Gasteiger partial charge in [-0.25, -0.2) is 0 Å². The first-order valence-corrected chi connectivity index (χ1v) is 5.93. The van der Waals surface area contributed by atoms with Crippen molar-refractivity contribution < 1.29 is 4.79 Å². The molecule has 0 aliphatic heterocycles. The monoisotopic (exact) mass is 246 g/mol. The summed E-state index contributed by atoms with van der Waals surface area (Å²) in [5.41, 5.74) is 6.76. The van der Waals surface area contributed by atoms with Gasteiger partial charge < -0.3 is 10.6 Å². The number of aromatic nitrogens is 1. The van der Waals surface area contributed by atoms with E-state index in [2.05, 4.69) is 11.1 Å². The van der Waals surface area contributed by atoms with Crippen LogP contribution in [0.15, 0.2) is 18.3 Å². The summed E-state index contributed by atoms with van der Waals surface area (Å²) in [4.78, 5) is 18.0. The molecule has 0 spiro atoms. The van der Waals surface area contributed by atoms with Crippen LogP contribution in [0.5, 0.6) is 0 Å². The van der Waals surface area contributed by atoms with Crippen molar-refractivity contribution in [1.82, 2.24) is 9.88 Å². The summed E-state index contributed by atoms with van der Waals surface area (Å²) in [7, 11) is 0. The SMILES string of the molecule is CC(C)N(CCC#N)C(=O)c1ccnc(CN)c1. The van der Waals surface area contributed by atoms with Crippen molar-refractivity contribution in [3.63, 3.8) is 0 Å². The van der Waals surface area contributed by atoms with Crippen LogP contribution in [0.4, 0.5) is 0 Å². The molecule has 0 aromatic carbocycles. The number of carbonyl (C=O) groups is 1. The third kappa shape index (κ3) is 3.54. The lowest BCUT2D eigenvalue weighted by atomic mass is 10.1. The van der Waals surface area contributed by atoms with E-state index >= 15 is 0 Å². The average molecular weight is 246 g/mol. The van der Waals surface area contributed by atoms with Crippen LogP contribution in [0.3, 0.4) is 0 Å². The highest BCUT2D eigenvalue weighted by Gasteiger charge is 2.18. The van der Waals surface area contributed by atoms with E-state index in [0.29, 0.717) is 30.8 Å². The topological polar surface area (TPSA) is 83.0 Å². The van der Waals surface area contributed by atoms with Crippen molar-refractivity contribution in [3.8, 4) is 6.07 Å². The fraction of sp³-hybridized carbons (Fsp3) is 0.462. The molecule has 0 fully saturated rings. The van der Waals surface area contributed by atoms with E-state index in [0.717, 1.165) is 0 Å². The Morgan fingerprint density at radius 3 is 2.89 bits per heavy atom. The van der Waals surface area contributed by atoms with Gasteiger partial charge in [0.05, 0.1) is 18.2 Å². The molecule has 1 aromatic heterocycles. The maximum Gasteiger partial charge on any atom is 0.254 e. The van der Waals surface area contributed by atoms with E-state index < -0.39 is 0 Å². The molecule has 2 N–H and O–H groups in total. The normalized spacial score (nSPS) is 10.2. The first-order valence-electron chi connectivity index (χ1n) is 5.93. The second kappa shape index (κ2) is 6.72. The standard InChI is InChI=1S/C13H18N4O/c1-10(2)17(7-3-5-14)13(18)11-4-6-16-12(8-11)9-15/h4,6,8,10H,3,7,9,15H2,1-2H3. The van der Waals surface area contributed by atoms with Gasteiger partial charge in [-0.05, 0) is 26.0 Å². The molecule has 1 heterocycles. The molecule has 0 radical (unpaired) electrons. The summed E-state index contributed by atoms with van der Waals surface area (Å²) in [6.45, 7) is 4.61. The van der Waals surface area contributed by atoms with E-state index in [1.807, 2.05) is 13.8 Å². The quantitative estimate of drug-likeness (QED) is 0.849. The zero-order valence-electron chi connectivity index (χ0n) is 10.8. The van der Waals surface area contributed by atoms with E-state index in [9.17, 15) is 4.79 Å². The summed E-state index contributed by atoms with van der Waals surface area (Å²) in [5.74, 6) is -0.0858. The molecule has 0 saturated heterocycles. The molecule has 1 amide bonds. The number of pyridine rings is 1. The van der Waals surface area contributed by atoms with Crippen LogP contribution >= 0.6 is 0 Å². The third-order valence-electron chi connectivity index (χ3n) is 2.62. The van der Waals surface area contributed by atoms with Crippen LogP contribution in [0, 0.1) is 11.3 Å². The van der Waals surface area contributed by atoms with Gasteiger partial charge in [0.2, 0.25) is 0 Å². The number of nitrogens with two attached hydrogens (primary N) is 1. The number of hydrogen-bond acceptors (Lipinski definition) is 4. The number of hydrogen-bond donors (Lipinski definition) is 1. The molecule has 96 valence electrons. The van der Waals surface area contributed by atoms with Crippen LogP contribution < -0.4 is 5.73 Å². The summed E-state index contributed by atoms with van der Waals surface area (Å²) in [6.07, 6.45) is 1.91. The average Bonchev–Trinajstić information content (AvgIpc) is 2.38. The molecule has 5 nitrogen and oxygen atoms in total. The Kier molecular flexibility index (Phi) is 5.28. The minimum atomic E-state index is -0.0858. The number of rotatable bonds is 5. The highest BCUT2D eigenvalue weighted by Crippen LogP contribution is 2.10. The van der Waals surface area contributed by atoms with Gasteiger partial charge in [-0.15, -0.1) is 0 Å². The zero-order valence-corrected chi connectivity index (χ0v) is 10.8. The molecule has 0 unspecified atom stereocenters. The zero-order chi connectivity index (χ0) is 13.5. The van der Waals surface area contributed by atoms with Crippen molar-refractivity contribution >= 4 is 5.91 Å². The van der Waals surface area contributed by atoms with Crippen molar-refractivity contribution in [1.29, 1.82) is 5.26 Å². The van der Waals surface area contributed by atoms with E-state index in [4.69, 9.17) is 11.0 Å². The molecule has 18 heavy (non-hydrogen) atoms. The van der Waals surface area contributed by atoms with Gasteiger partial charge in [-0.1, -0.05) is 0 Å². The van der Waals surface area contributed by atoms with Crippen LogP contribution in [0.25, 0.3) is 0 Å². The molecule has 0 bridgehead atoms. The second-order valence-electron chi connectivity index (χ2n) is 4.24. The Bertz CT molecular complexity index is 451. The van der Waals surface area contributed by atoms with E-state index in [1.165, 1.54) is 0 Å². The number of carbonyl (C=O) groups excluding carboxylic acids is 1. The van der Waals surface area contributed by atoms with Crippen molar-refractivity contribution in [3.05, 3.63) is 29.6 Å². The van der Waals surface area contributed by atoms with Crippen LogP contribution in [-0.2, 0) is 6.54 Å². The van der Waals surface area contributed by atoms with Gasteiger partial charge in [0.1, 0.15) is 0 Å². The Morgan fingerprint density at radius 2 is 2.33 bits per heavy atom. The molecular formula is C13H18N4O. The summed E-state index contributed by atoms with van der Waals surface area (Å²) >= 11 is 0. The molecule has 5 heteroatoms. The smallest absolute Gasteiger partial charge is 0.254 e. The summed E-state index contributed by atoms with van der Waals surface area (Å²) < 4.78 is 0. The predicted octanol–water partition coefficient (Wildman–Crippen LogP) is 1.30. The summed E-state index contributed by atoms with van der Waals surface area (Å²) in [5, 5.41) is 8.62. The first-order chi connectivity index (χ1) is 8.60. The molecule has 0 aliphatic rings. The number of nitrogens with zero attached hydrogens (tertiary/aromatic N) is 3. The van der Waals surface area contributed by atoms with Crippen molar-refractivity contribution in [2.75, 3.05) is 6.54 Å². The largest absolute Gasteiger partial charge is 0.335 e. The van der Waals surface area contributed by atoms with Crippen LogP contribution in [-0.4, -0.2) is 28.4 Å². The van der Waals surface area contributed by atoms with E-state index in [1.54, 1.807) is 23.2 Å². The fourth-order valence-electron chi connectivity index (χ4n) is 1.65. The van der Waals surface area contributed by atoms with Crippen LogP contribution in [0.2, 0.25) is 0 Å². The molecule has 1 aromatic rings. The molecule has 0 saturated carbocycles. The van der Waals surface area contributed by atoms with Crippen molar-refractivity contribution in [2.24, 2.45) is 5.73 Å². The van der Waals surface area contributed by atoms with Gasteiger partial charge in [0, 0.05) is 30.9 Å². The van der Waals surface area contributed by atoms with E-state index in [-0.39, 0.29) is 11.9 Å². The van der Waals surface area contributed by atoms with Crippen LogP contribution in [0.1, 0.15) is 36.3 Å². The Balaban J connectivity index is 2.91. The molecule has 0 aliphatic carbocycles. The number of nitriles is 1. The van der Waals surface area contributed by atoms with Gasteiger partial charge >= 0.3 is 0 Å². The third-order valence-corrected chi connectivity index (χ3v) is 2.62. The molecular weight excluding hydrogens is 228 g/mol. The minimum Gasteiger partial charge on any atom is -0.335 e. The predicted molar refractivity (Wildman–Crippen MR) is 68.5 cm³/mol. The molecule has 1 rings (SSSR count). The van der Waals surface area contributed by atoms with Crippen molar-refractivity contribution in [2.45, 2.75) is 32.9 Å². The Labute approximate surface area is 107 Å². The number of amides is 1. The first kappa shape index (κ1) is 14.1. The van der Waals surface area contributed by atoms with Gasteiger partial charge in [0.25, 0.3) is 5.91 Å². The van der Waals surface area contributed by atoms with Gasteiger partial charge in [-0.3, -0.25) is 9.78 Å². The van der Waals surface area contributed by atoms with Gasteiger partial charge in [-0.2, -0.15) is 5.26 Å². The second-order valence-corrected chi connectivity index (χ2v) is 4.24. The lowest BCUT2D eigenvalue weighted by molar-refractivity contribution is 0.0710. The maximum absolute atomic E-state index is 12.3. The Hall–Kier alpha value is -1.93. The fourth-order valence-corrected chi connectivity index (χ4v) is 1.65. The lowest BCUT2D eigenvalue weighted by Crippen LogP contribution is -2.37. The highest BCUT2D eigenvalue weighted by molar-refractivity contribution is 5.94. The Morgan fingerprint density at radius 1 is 1.61 bits per heavy atom. The molecule has 0 atom stereocenters. The minimum absolute atomic E-state index is 0.0559. The maximum atomic E-state index is 12.3. The van der Waals surface area contributed by atoms with Gasteiger partial charge in [0.15, 0.2) is 0 Å². The lowest BCUT2D eigenvalue weighted by Gasteiger charge is -2.26. The highest BCUT2D eigenvalue weighted by atomic mass is 16.2.